The molecule has 0 aliphatic rings. The zero-order chi connectivity index (χ0) is 13.1. The Morgan fingerprint density at radius 2 is 2.00 bits per heavy atom. The van der Waals surface area contributed by atoms with Crippen LogP contribution < -0.4 is 11.5 Å². The first kappa shape index (κ1) is 12.6. The van der Waals surface area contributed by atoms with Crippen molar-refractivity contribution in [2.24, 2.45) is 11.7 Å². The summed E-state index contributed by atoms with van der Waals surface area (Å²) in [7, 11) is 0. The molecule has 0 amide bonds. The van der Waals surface area contributed by atoms with Gasteiger partial charge in [0.2, 0.25) is 0 Å². The van der Waals surface area contributed by atoms with Crippen LogP contribution in [0, 0.1) is 5.92 Å². The summed E-state index contributed by atoms with van der Waals surface area (Å²) in [6.07, 6.45) is 0. The molecule has 2 N–H and O–H groups in total. The fourth-order valence-electron chi connectivity index (χ4n) is 1.73. The quantitative estimate of drug-likeness (QED) is 0.889. The van der Waals surface area contributed by atoms with E-state index in [1.807, 2.05) is 44.2 Å². The number of benzene rings is 1. The van der Waals surface area contributed by atoms with Gasteiger partial charge in [-0.1, -0.05) is 49.3 Å². The van der Waals surface area contributed by atoms with Crippen molar-refractivity contribution >= 4 is 0 Å². The lowest BCUT2D eigenvalue weighted by Gasteiger charge is -2.14. The molecule has 0 aliphatic heterocycles. The van der Waals surface area contributed by atoms with Gasteiger partial charge in [-0.2, -0.15) is 0 Å². The summed E-state index contributed by atoms with van der Waals surface area (Å²) >= 11 is 0. The predicted molar refractivity (Wildman–Crippen MR) is 68.1 cm³/mol. The van der Waals surface area contributed by atoms with Crippen LogP contribution in [-0.4, -0.2) is 9.72 Å². The highest BCUT2D eigenvalue weighted by Gasteiger charge is 2.20. The molecule has 0 spiro atoms. The molecule has 1 heterocycles. The smallest absolute Gasteiger partial charge is 0.321 e. The maximum atomic E-state index is 11.6. The van der Waals surface area contributed by atoms with Gasteiger partial charge in [-0.15, -0.1) is 0 Å². The molecule has 2 rings (SSSR count). The van der Waals surface area contributed by atoms with E-state index < -0.39 is 5.76 Å². The third-order valence-corrected chi connectivity index (χ3v) is 2.91. The molecule has 5 heteroatoms. The normalized spacial score (nSPS) is 12.9. The minimum absolute atomic E-state index is 0.191. The van der Waals surface area contributed by atoms with E-state index in [1.165, 1.54) is 4.57 Å². The van der Waals surface area contributed by atoms with Crippen LogP contribution in [0.15, 0.2) is 39.6 Å². The summed E-state index contributed by atoms with van der Waals surface area (Å²) in [5.41, 5.74) is 7.04. The summed E-state index contributed by atoms with van der Waals surface area (Å²) < 4.78 is 6.20. The largest absolute Gasteiger partial charge is 0.441 e. The summed E-state index contributed by atoms with van der Waals surface area (Å²) in [5, 5.41) is 3.78. The summed E-state index contributed by atoms with van der Waals surface area (Å²) in [5.74, 6) is 0.223. The van der Waals surface area contributed by atoms with E-state index in [0.29, 0.717) is 12.4 Å². The molecule has 0 saturated heterocycles. The molecule has 0 saturated carbocycles. The first-order valence-corrected chi connectivity index (χ1v) is 5.95. The van der Waals surface area contributed by atoms with Gasteiger partial charge in [-0.25, -0.2) is 4.79 Å². The van der Waals surface area contributed by atoms with Crippen LogP contribution in [0.1, 0.15) is 31.3 Å². The average Bonchev–Trinajstić information content (AvgIpc) is 2.71. The molecular weight excluding hydrogens is 230 g/mol. The number of hydrogen-bond donors (Lipinski definition) is 1. The molecule has 0 aliphatic carbocycles. The molecule has 0 radical (unpaired) electrons. The van der Waals surface area contributed by atoms with Gasteiger partial charge in [0.05, 0.1) is 12.6 Å². The first-order chi connectivity index (χ1) is 8.59. The van der Waals surface area contributed by atoms with E-state index >= 15 is 0 Å². The van der Waals surface area contributed by atoms with Crippen LogP contribution in [0.4, 0.5) is 0 Å². The lowest BCUT2D eigenvalue weighted by Crippen LogP contribution is -2.26. The van der Waals surface area contributed by atoms with Gasteiger partial charge in [-0.3, -0.25) is 9.09 Å². The minimum atomic E-state index is -0.468. The standard InChI is InChI=1S/C13H17N3O2/c1-9(2)11(14)12-15-18-13(17)16(12)8-10-6-4-3-5-7-10/h3-7,9,11H,8,14H2,1-2H3. The molecule has 1 unspecified atom stereocenters. The molecule has 1 aromatic carbocycles. The van der Waals surface area contributed by atoms with Crippen LogP contribution in [-0.2, 0) is 6.54 Å². The molecule has 0 fully saturated rings. The van der Waals surface area contributed by atoms with E-state index in [-0.39, 0.29) is 12.0 Å². The van der Waals surface area contributed by atoms with Crippen molar-refractivity contribution in [2.45, 2.75) is 26.4 Å². The van der Waals surface area contributed by atoms with Crippen LogP contribution >= 0.6 is 0 Å². The highest BCUT2D eigenvalue weighted by Crippen LogP contribution is 2.16. The van der Waals surface area contributed by atoms with E-state index in [9.17, 15) is 4.79 Å². The number of rotatable bonds is 4. The molecule has 96 valence electrons. The molecule has 2 aromatic rings. The van der Waals surface area contributed by atoms with Gasteiger partial charge in [-0.05, 0) is 11.5 Å². The number of aromatic nitrogens is 2. The van der Waals surface area contributed by atoms with Crippen molar-refractivity contribution in [3.05, 3.63) is 52.3 Å². The maximum absolute atomic E-state index is 11.6. The monoisotopic (exact) mass is 247 g/mol. The van der Waals surface area contributed by atoms with Crippen molar-refractivity contribution in [3.63, 3.8) is 0 Å². The fraction of sp³-hybridized carbons (Fsp3) is 0.385. The Kier molecular flexibility index (Phi) is 3.62. The van der Waals surface area contributed by atoms with Crippen LogP contribution in [0.3, 0.4) is 0 Å². The van der Waals surface area contributed by atoms with Crippen LogP contribution in [0.5, 0.6) is 0 Å². The van der Waals surface area contributed by atoms with Crippen LogP contribution in [0.25, 0.3) is 0 Å². The van der Waals surface area contributed by atoms with Crippen molar-refractivity contribution in [3.8, 4) is 0 Å². The Morgan fingerprint density at radius 3 is 2.61 bits per heavy atom. The highest BCUT2D eigenvalue weighted by molar-refractivity contribution is 5.15. The van der Waals surface area contributed by atoms with Gasteiger partial charge in [0.15, 0.2) is 5.82 Å². The summed E-state index contributed by atoms with van der Waals surface area (Å²) in [4.78, 5) is 11.6. The second-order valence-corrected chi connectivity index (χ2v) is 4.65. The van der Waals surface area contributed by atoms with Crippen molar-refractivity contribution in [2.75, 3.05) is 0 Å². The van der Waals surface area contributed by atoms with Gasteiger partial charge in [0.1, 0.15) is 0 Å². The Morgan fingerprint density at radius 1 is 1.33 bits per heavy atom. The second kappa shape index (κ2) is 5.18. The Labute approximate surface area is 105 Å². The third-order valence-electron chi connectivity index (χ3n) is 2.91. The maximum Gasteiger partial charge on any atom is 0.441 e. The highest BCUT2D eigenvalue weighted by atomic mass is 16.5. The zero-order valence-corrected chi connectivity index (χ0v) is 10.5. The van der Waals surface area contributed by atoms with E-state index in [2.05, 4.69) is 5.16 Å². The van der Waals surface area contributed by atoms with E-state index in [1.54, 1.807) is 0 Å². The lowest BCUT2D eigenvalue weighted by molar-refractivity contribution is 0.367. The van der Waals surface area contributed by atoms with Crippen molar-refractivity contribution < 1.29 is 4.52 Å². The molecule has 18 heavy (non-hydrogen) atoms. The first-order valence-electron chi connectivity index (χ1n) is 5.95. The number of hydrogen-bond acceptors (Lipinski definition) is 4. The Balaban J connectivity index is 2.33. The van der Waals surface area contributed by atoms with E-state index in [4.69, 9.17) is 10.3 Å². The van der Waals surface area contributed by atoms with Crippen molar-refractivity contribution in [1.82, 2.24) is 9.72 Å². The number of nitrogens with two attached hydrogens (primary N) is 1. The van der Waals surface area contributed by atoms with Crippen molar-refractivity contribution in [1.29, 1.82) is 0 Å². The molecule has 0 bridgehead atoms. The molecule has 1 aromatic heterocycles. The Hall–Kier alpha value is -1.88. The Bertz CT molecular complexity index is 557. The lowest BCUT2D eigenvalue weighted by atomic mass is 10.0. The SMILES string of the molecule is CC(C)C(N)c1noc(=O)n1Cc1ccccc1. The topological polar surface area (TPSA) is 74.1 Å². The number of nitrogens with zero attached hydrogens (tertiary/aromatic N) is 2. The van der Waals surface area contributed by atoms with Gasteiger partial charge in [0, 0.05) is 0 Å². The average molecular weight is 247 g/mol. The minimum Gasteiger partial charge on any atom is -0.321 e. The third kappa shape index (κ3) is 2.51. The van der Waals surface area contributed by atoms with E-state index in [0.717, 1.165) is 5.56 Å². The second-order valence-electron chi connectivity index (χ2n) is 4.65. The van der Waals surface area contributed by atoms with Gasteiger partial charge in [0.25, 0.3) is 0 Å². The molecular formula is C13H17N3O2. The summed E-state index contributed by atoms with van der Waals surface area (Å²) in [6, 6.07) is 9.38. The van der Waals surface area contributed by atoms with Gasteiger partial charge >= 0.3 is 5.76 Å². The molecule has 5 nitrogen and oxygen atoms in total. The fourth-order valence-corrected chi connectivity index (χ4v) is 1.73. The van der Waals surface area contributed by atoms with Crippen LogP contribution in [0.2, 0.25) is 0 Å². The molecule has 1 atom stereocenters. The zero-order valence-electron chi connectivity index (χ0n) is 10.5. The predicted octanol–water partition coefficient (Wildman–Crippen LogP) is 1.54. The summed E-state index contributed by atoms with van der Waals surface area (Å²) in [6.45, 7) is 4.40. The van der Waals surface area contributed by atoms with Gasteiger partial charge < -0.3 is 5.73 Å².